The molecule has 0 aromatic carbocycles. The fraction of sp³-hybridized carbons (Fsp3) is 0.500. The van der Waals surface area contributed by atoms with Gasteiger partial charge in [0.25, 0.3) is 0 Å². The number of hydrogen-bond donors (Lipinski definition) is 0. The number of methoxy groups -OCH3 is 1. The van der Waals surface area contributed by atoms with Crippen LogP contribution in [0.2, 0.25) is 0 Å². The van der Waals surface area contributed by atoms with Crippen molar-refractivity contribution in [1.82, 2.24) is 0 Å². The highest BCUT2D eigenvalue weighted by atomic mass is 32.2. The van der Waals surface area contributed by atoms with Crippen molar-refractivity contribution in [2.75, 3.05) is 20.5 Å². The minimum Gasteiger partial charge on any atom is -0.495 e. The molecule has 1 aromatic rings. The van der Waals surface area contributed by atoms with Crippen molar-refractivity contribution in [1.29, 1.82) is 0 Å². The van der Waals surface area contributed by atoms with Crippen LogP contribution in [-0.2, 0) is 26.2 Å². The molecule has 0 spiro atoms. The van der Waals surface area contributed by atoms with Crippen LogP contribution in [0.4, 0.5) is 0 Å². The summed E-state index contributed by atoms with van der Waals surface area (Å²) in [6.45, 7) is 0.167. The van der Waals surface area contributed by atoms with E-state index in [2.05, 4.69) is 4.89 Å². The highest BCUT2D eigenvalue weighted by Gasteiger charge is 2.16. The number of thiophene rings is 1. The number of ether oxygens (including phenoxy) is 1. The van der Waals surface area contributed by atoms with Crippen LogP contribution in [0, 0.1) is 0 Å². The average Bonchev–Trinajstić information content (AvgIpc) is 2.57. The molecule has 0 bridgehead atoms. The molecule has 0 N–H and O–H groups in total. The molecule has 0 unspecified atom stereocenters. The van der Waals surface area contributed by atoms with E-state index < -0.39 is 9.84 Å². The molecule has 1 heterocycles. The van der Waals surface area contributed by atoms with Crippen molar-refractivity contribution in [2.45, 2.75) is 10.8 Å². The lowest BCUT2D eigenvalue weighted by atomic mass is 10.4. The normalized spacial score (nSPS) is 11.7. The van der Waals surface area contributed by atoms with Crippen molar-refractivity contribution in [3.05, 3.63) is 10.9 Å². The summed E-state index contributed by atoms with van der Waals surface area (Å²) < 4.78 is 27.8. The smallest absolute Gasteiger partial charge is 0.185 e. The Morgan fingerprint density at radius 2 is 2.07 bits per heavy atom. The third kappa shape index (κ3) is 3.16. The molecule has 5 nitrogen and oxygen atoms in total. The van der Waals surface area contributed by atoms with E-state index in [9.17, 15) is 8.42 Å². The molecule has 0 amide bonds. The summed E-state index contributed by atoms with van der Waals surface area (Å²) in [5, 5.41) is 0. The van der Waals surface area contributed by atoms with E-state index in [0.717, 1.165) is 17.6 Å². The summed E-state index contributed by atoms with van der Waals surface area (Å²) in [5.74, 6) is 0.498. The summed E-state index contributed by atoms with van der Waals surface area (Å²) in [4.78, 5) is 9.85. The Labute approximate surface area is 92.4 Å². The third-order valence-corrected chi connectivity index (χ3v) is 4.53. The van der Waals surface area contributed by atoms with Crippen LogP contribution < -0.4 is 4.74 Å². The molecule has 0 atom stereocenters. The summed E-state index contributed by atoms with van der Waals surface area (Å²) in [6, 6.07) is 1.48. The first-order valence-electron chi connectivity index (χ1n) is 4.01. The molecule has 0 aliphatic heterocycles. The van der Waals surface area contributed by atoms with Gasteiger partial charge in [-0.2, -0.15) is 0 Å². The highest BCUT2D eigenvalue weighted by molar-refractivity contribution is 7.92. The zero-order chi connectivity index (χ0) is 11.5. The Morgan fingerprint density at radius 1 is 1.40 bits per heavy atom. The second kappa shape index (κ2) is 4.93. The monoisotopic (exact) mass is 252 g/mol. The Kier molecular flexibility index (Phi) is 4.09. The predicted octanol–water partition coefficient (Wildman–Crippen LogP) is 1.24. The standard InChI is InChI=1S/C8H12O5S2/c1-11-6-4-8(15(3,9)10)14-7(6)5-13-12-2/h4H,5H2,1-3H3. The van der Waals surface area contributed by atoms with E-state index in [1.807, 2.05) is 0 Å². The fourth-order valence-electron chi connectivity index (χ4n) is 0.957. The maximum absolute atomic E-state index is 11.3. The molecule has 15 heavy (non-hydrogen) atoms. The van der Waals surface area contributed by atoms with E-state index >= 15 is 0 Å². The van der Waals surface area contributed by atoms with Gasteiger partial charge in [0.2, 0.25) is 0 Å². The zero-order valence-corrected chi connectivity index (χ0v) is 10.3. The summed E-state index contributed by atoms with van der Waals surface area (Å²) >= 11 is 1.11. The van der Waals surface area contributed by atoms with Gasteiger partial charge in [-0.05, 0) is 0 Å². The zero-order valence-electron chi connectivity index (χ0n) is 8.64. The van der Waals surface area contributed by atoms with Crippen LogP contribution >= 0.6 is 11.3 Å². The van der Waals surface area contributed by atoms with Crippen LogP contribution in [0.5, 0.6) is 5.75 Å². The Morgan fingerprint density at radius 3 is 2.53 bits per heavy atom. The molecule has 0 saturated carbocycles. The van der Waals surface area contributed by atoms with Crippen LogP contribution in [0.3, 0.4) is 0 Å². The molecular weight excluding hydrogens is 240 g/mol. The van der Waals surface area contributed by atoms with Crippen LogP contribution in [-0.4, -0.2) is 28.9 Å². The number of sulfone groups is 1. The second-order valence-corrected chi connectivity index (χ2v) is 6.14. The van der Waals surface area contributed by atoms with Crippen molar-refractivity contribution < 1.29 is 22.9 Å². The molecule has 0 radical (unpaired) electrons. The predicted molar refractivity (Wildman–Crippen MR) is 55.8 cm³/mol. The molecule has 1 rings (SSSR count). The topological polar surface area (TPSA) is 61.8 Å². The lowest BCUT2D eigenvalue weighted by Crippen LogP contribution is -1.92. The van der Waals surface area contributed by atoms with Gasteiger partial charge in [-0.1, -0.05) is 0 Å². The Hall–Kier alpha value is -0.630. The number of rotatable bonds is 5. The van der Waals surface area contributed by atoms with Gasteiger partial charge in [0.1, 0.15) is 16.6 Å². The average molecular weight is 252 g/mol. The van der Waals surface area contributed by atoms with Crippen LogP contribution in [0.1, 0.15) is 4.88 Å². The Bertz CT molecular complexity index is 420. The highest BCUT2D eigenvalue weighted by Crippen LogP contribution is 2.32. The van der Waals surface area contributed by atoms with Crippen LogP contribution in [0.25, 0.3) is 0 Å². The SMILES string of the molecule is COOCc1sc(S(C)(=O)=O)cc1OC. The summed E-state index contributed by atoms with van der Waals surface area (Å²) in [7, 11) is -0.334. The molecular formula is C8H12O5S2. The van der Waals surface area contributed by atoms with Gasteiger partial charge in [-0.25, -0.2) is 18.2 Å². The molecule has 0 aliphatic carbocycles. The van der Waals surface area contributed by atoms with Gasteiger partial charge in [0.05, 0.1) is 19.1 Å². The van der Waals surface area contributed by atoms with Crippen molar-refractivity contribution in [3.63, 3.8) is 0 Å². The van der Waals surface area contributed by atoms with Gasteiger partial charge in [0.15, 0.2) is 9.84 Å². The second-order valence-electron chi connectivity index (χ2n) is 2.76. The van der Waals surface area contributed by atoms with E-state index in [-0.39, 0.29) is 10.8 Å². The molecule has 0 fully saturated rings. The van der Waals surface area contributed by atoms with Crippen molar-refractivity contribution >= 4 is 21.2 Å². The minimum absolute atomic E-state index is 0.167. The first kappa shape index (κ1) is 12.4. The molecule has 1 aromatic heterocycles. The fourth-order valence-corrected chi connectivity index (χ4v) is 2.94. The lowest BCUT2D eigenvalue weighted by molar-refractivity contribution is -0.281. The van der Waals surface area contributed by atoms with E-state index in [0.29, 0.717) is 10.6 Å². The minimum atomic E-state index is -3.20. The van der Waals surface area contributed by atoms with Crippen LogP contribution in [0.15, 0.2) is 10.3 Å². The van der Waals surface area contributed by atoms with Gasteiger partial charge in [-0.3, -0.25) is 0 Å². The van der Waals surface area contributed by atoms with Gasteiger partial charge >= 0.3 is 0 Å². The lowest BCUT2D eigenvalue weighted by Gasteiger charge is -2.00. The maximum Gasteiger partial charge on any atom is 0.185 e. The molecule has 0 saturated heterocycles. The van der Waals surface area contributed by atoms with E-state index in [1.165, 1.54) is 20.3 Å². The van der Waals surface area contributed by atoms with Crippen molar-refractivity contribution in [2.24, 2.45) is 0 Å². The van der Waals surface area contributed by atoms with Crippen molar-refractivity contribution in [3.8, 4) is 5.75 Å². The summed E-state index contributed by atoms with van der Waals surface area (Å²) in [5.41, 5.74) is 0. The number of hydrogen-bond acceptors (Lipinski definition) is 6. The Balaban J connectivity index is 3.01. The third-order valence-electron chi connectivity index (χ3n) is 1.64. The first-order chi connectivity index (χ1) is 6.99. The van der Waals surface area contributed by atoms with Gasteiger partial charge in [-0.15, -0.1) is 11.3 Å². The van der Waals surface area contributed by atoms with Gasteiger partial charge in [0, 0.05) is 12.3 Å². The van der Waals surface area contributed by atoms with E-state index in [1.54, 1.807) is 0 Å². The quantitative estimate of drug-likeness (QED) is 0.583. The molecule has 0 aliphatic rings. The molecule has 7 heteroatoms. The first-order valence-corrected chi connectivity index (χ1v) is 6.72. The molecule has 86 valence electrons. The van der Waals surface area contributed by atoms with Gasteiger partial charge < -0.3 is 4.74 Å². The van der Waals surface area contributed by atoms with E-state index in [4.69, 9.17) is 9.62 Å². The summed E-state index contributed by atoms with van der Waals surface area (Å²) in [6.07, 6.45) is 1.15. The maximum atomic E-state index is 11.3. The largest absolute Gasteiger partial charge is 0.495 e.